The third kappa shape index (κ3) is 5.66. The summed E-state index contributed by atoms with van der Waals surface area (Å²) >= 11 is 0. The number of carbonyl (C=O) groups excluding carboxylic acids is 1. The SMILES string of the molecule is COC(=O)NC(C)CCCO. The van der Waals surface area contributed by atoms with E-state index in [9.17, 15) is 4.79 Å². The topological polar surface area (TPSA) is 58.6 Å². The van der Waals surface area contributed by atoms with Crippen molar-refractivity contribution in [3.63, 3.8) is 0 Å². The highest BCUT2D eigenvalue weighted by Crippen LogP contribution is 1.94. The van der Waals surface area contributed by atoms with Crippen LogP contribution in [0.1, 0.15) is 19.8 Å². The number of amides is 1. The molecular weight excluding hydrogens is 146 g/mol. The molecule has 4 nitrogen and oxygen atoms in total. The second kappa shape index (κ2) is 5.97. The number of aliphatic hydroxyl groups is 1. The second-order valence-electron chi connectivity index (χ2n) is 2.40. The van der Waals surface area contributed by atoms with Crippen molar-refractivity contribution in [2.45, 2.75) is 25.8 Å². The first kappa shape index (κ1) is 10.2. The van der Waals surface area contributed by atoms with Crippen LogP contribution in [0.15, 0.2) is 0 Å². The van der Waals surface area contributed by atoms with Gasteiger partial charge in [0.1, 0.15) is 0 Å². The molecular formula is C7H15NO3. The standard InChI is InChI=1S/C7H15NO3/c1-6(4-3-5-9)8-7(10)11-2/h6,9H,3-5H2,1-2H3,(H,8,10). The minimum atomic E-state index is -0.421. The van der Waals surface area contributed by atoms with E-state index in [2.05, 4.69) is 10.1 Å². The van der Waals surface area contributed by atoms with Crippen molar-refractivity contribution in [1.82, 2.24) is 5.32 Å². The smallest absolute Gasteiger partial charge is 0.407 e. The zero-order chi connectivity index (χ0) is 8.69. The first-order chi connectivity index (χ1) is 5.20. The lowest BCUT2D eigenvalue weighted by molar-refractivity contribution is 0.166. The van der Waals surface area contributed by atoms with Gasteiger partial charge in [-0.05, 0) is 19.8 Å². The number of aliphatic hydroxyl groups excluding tert-OH is 1. The lowest BCUT2D eigenvalue weighted by atomic mass is 10.2. The van der Waals surface area contributed by atoms with Crippen LogP contribution in [-0.2, 0) is 4.74 Å². The summed E-state index contributed by atoms with van der Waals surface area (Å²) in [5, 5.41) is 11.1. The summed E-state index contributed by atoms with van der Waals surface area (Å²) in [5.74, 6) is 0. The minimum absolute atomic E-state index is 0.0644. The van der Waals surface area contributed by atoms with E-state index >= 15 is 0 Å². The van der Waals surface area contributed by atoms with E-state index in [0.717, 1.165) is 6.42 Å². The van der Waals surface area contributed by atoms with Crippen LogP contribution in [-0.4, -0.2) is 31.0 Å². The van der Waals surface area contributed by atoms with Gasteiger partial charge in [-0.3, -0.25) is 0 Å². The summed E-state index contributed by atoms with van der Waals surface area (Å²) in [4.78, 5) is 10.6. The third-order valence-electron chi connectivity index (χ3n) is 1.34. The average Bonchev–Trinajstić information content (AvgIpc) is 2.00. The molecule has 1 unspecified atom stereocenters. The maximum atomic E-state index is 10.6. The van der Waals surface area contributed by atoms with Crippen LogP contribution in [0.2, 0.25) is 0 Å². The Morgan fingerprint density at radius 2 is 2.36 bits per heavy atom. The molecule has 66 valence electrons. The fourth-order valence-electron chi connectivity index (χ4n) is 0.730. The first-order valence-electron chi connectivity index (χ1n) is 3.66. The Hall–Kier alpha value is -0.770. The van der Waals surface area contributed by atoms with Gasteiger partial charge >= 0.3 is 6.09 Å². The van der Waals surface area contributed by atoms with Gasteiger partial charge in [-0.1, -0.05) is 0 Å². The highest BCUT2D eigenvalue weighted by atomic mass is 16.5. The Kier molecular flexibility index (Phi) is 5.56. The minimum Gasteiger partial charge on any atom is -0.453 e. The summed E-state index contributed by atoms with van der Waals surface area (Å²) < 4.78 is 4.39. The molecule has 0 bridgehead atoms. The molecule has 0 saturated carbocycles. The predicted octanol–water partition coefficient (Wildman–Crippen LogP) is 0.503. The number of nitrogens with one attached hydrogen (secondary N) is 1. The predicted molar refractivity (Wildman–Crippen MR) is 41.3 cm³/mol. The highest BCUT2D eigenvalue weighted by molar-refractivity contribution is 5.67. The maximum Gasteiger partial charge on any atom is 0.407 e. The lowest BCUT2D eigenvalue weighted by Crippen LogP contribution is -2.32. The number of alkyl carbamates (subject to hydrolysis) is 1. The van der Waals surface area contributed by atoms with Crippen molar-refractivity contribution in [1.29, 1.82) is 0 Å². The first-order valence-corrected chi connectivity index (χ1v) is 3.66. The maximum absolute atomic E-state index is 10.6. The Morgan fingerprint density at radius 3 is 2.82 bits per heavy atom. The van der Waals surface area contributed by atoms with Crippen molar-refractivity contribution in [2.75, 3.05) is 13.7 Å². The molecule has 1 amide bonds. The van der Waals surface area contributed by atoms with Crippen LogP contribution < -0.4 is 5.32 Å². The van der Waals surface area contributed by atoms with Gasteiger partial charge in [-0.25, -0.2) is 4.79 Å². The number of hydrogen-bond donors (Lipinski definition) is 2. The fraction of sp³-hybridized carbons (Fsp3) is 0.857. The number of hydrogen-bond acceptors (Lipinski definition) is 3. The van der Waals surface area contributed by atoms with Gasteiger partial charge in [0.25, 0.3) is 0 Å². The molecule has 4 heteroatoms. The summed E-state index contributed by atoms with van der Waals surface area (Å²) in [6.45, 7) is 2.03. The molecule has 0 aliphatic heterocycles. The molecule has 1 atom stereocenters. The lowest BCUT2D eigenvalue weighted by Gasteiger charge is -2.11. The molecule has 0 spiro atoms. The molecule has 0 aliphatic carbocycles. The van der Waals surface area contributed by atoms with Gasteiger partial charge in [0.05, 0.1) is 7.11 Å². The van der Waals surface area contributed by atoms with Gasteiger partial charge in [-0.2, -0.15) is 0 Å². The number of rotatable bonds is 4. The second-order valence-corrected chi connectivity index (χ2v) is 2.40. The third-order valence-corrected chi connectivity index (χ3v) is 1.34. The van der Waals surface area contributed by atoms with Gasteiger partial charge in [0, 0.05) is 12.6 Å². The molecule has 0 aromatic carbocycles. The summed E-state index contributed by atoms with van der Waals surface area (Å²) in [6.07, 6.45) is 1.05. The summed E-state index contributed by atoms with van der Waals surface area (Å²) in [5.41, 5.74) is 0. The zero-order valence-corrected chi connectivity index (χ0v) is 6.96. The fourth-order valence-corrected chi connectivity index (χ4v) is 0.730. The zero-order valence-electron chi connectivity index (χ0n) is 6.96. The van der Waals surface area contributed by atoms with E-state index in [1.54, 1.807) is 0 Å². The molecule has 2 N–H and O–H groups in total. The van der Waals surface area contributed by atoms with E-state index in [4.69, 9.17) is 5.11 Å². The molecule has 0 saturated heterocycles. The van der Waals surface area contributed by atoms with Gasteiger partial charge in [0.15, 0.2) is 0 Å². The number of methoxy groups -OCH3 is 1. The molecule has 0 aromatic heterocycles. The van der Waals surface area contributed by atoms with Gasteiger partial charge < -0.3 is 15.2 Å². The average molecular weight is 161 g/mol. The van der Waals surface area contributed by atoms with Crippen LogP contribution in [0.3, 0.4) is 0 Å². The van der Waals surface area contributed by atoms with E-state index in [0.29, 0.717) is 6.42 Å². The summed E-state index contributed by atoms with van der Waals surface area (Å²) in [7, 11) is 1.33. The molecule has 0 aliphatic rings. The monoisotopic (exact) mass is 161 g/mol. The quantitative estimate of drug-likeness (QED) is 0.631. The van der Waals surface area contributed by atoms with Gasteiger partial charge in [0.2, 0.25) is 0 Å². The Labute approximate surface area is 66.5 Å². The number of ether oxygens (including phenoxy) is 1. The van der Waals surface area contributed by atoms with E-state index in [1.165, 1.54) is 7.11 Å². The van der Waals surface area contributed by atoms with E-state index in [-0.39, 0.29) is 12.6 Å². The normalized spacial score (nSPS) is 12.3. The van der Waals surface area contributed by atoms with Crippen molar-refractivity contribution >= 4 is 6.09 Å². The van der Waals surface area contributed by atoms with E-state index < -0.39 is 6.09 Å². The molecule has 0 rings (SSSR count). The Balaban J connectivity index is 3.35. The largest absolute Gasteiger partial charge is 0.453 e. The molecule has 0 fully saturated rings. The molecule has 0 heterocycles. The molecule has 0 radical (unpaired) electrons. The van der Waals surface area contributed by atoms with Crippen molar-refractivity contribution in [3.05, 3.63) is 0 Å². The van der Waals surface area contributed by atoms with Crippen molar-refractivity contribution in [2.24, 2.45) is 0 Å². The van der Waals surface area contributed by atoms with Crippen molar-refractivity contribution in [3.8, 4) is 0 Å². The van der Waals surface area contributed by atoms with Crippen LogP contribution in [0, 0.1) is 0 Å². The number of carbonyl (C=O) groups is 1. The van der Waals surface area contributed by atoms with E-state index in [1.807, 2.05) is 6.92 Å². The molecule has 11 heavy (non-hydrogen) atoms. The summed E-state index contributed by atoms with van der Waals surface area (Å²) in [6, 6.07) is 0.0644. The van der Waals surface area contributed by atoms with Crippen LogP contribution in [0.4, 0.5) is 4.79 Å². The van der Waals surface area contributed by atoms with Crippen molar-refractivity contribution < 1.29 is 14.6 Å². The highest BCUT2D eigenvalue weighted by Gasteiger charge is 2.04. The Morgan fingerprint density at radius 1 is 1.73 bits per heavy atom. The van der Waals surface area contributed by atoms with Crippen LogP contribution >= 0.6 is 0 Å². The van der Waals surface area contributed by atoms with Crippen LogP contribution in [0.25, 0.3) is 0 Å². The van der Waals surface area contributed by atoms with Gasteiger partial charge in [-0.15, -0.1) is 0 Å². The molecule has 0 aromatic rings. The van der Waals surface area contributed by atoms with Crippen LogP contribution in [0.5, 0.6) is 0 Å². The Bertz CT molecular complexity index is 116.